The van der Waals surface area contributed by atoms with Gasteiger partial charge in [-0.05, 0) is 58.0 Å². The van der Waals surface area contributed by atoms with E-state index in [1.54, 1.807) is 0 Å². The molecule has 0 saturated heterocycles. The molecular weight excluding hydrogens is 210 g/mol. The molecule has 0 aromatic heterocycles. The lowest BCUT2D eigenvalue weighted by Gasteiger charge is -2.31. The Morgan fingerprint density at radius 3 is 2.59 bits per heavy atom. The van der Waals surface area contributed by atoms with Gasteiger partial charge >= 0.3 is 0 Å². The number of nitriles is 1. The summed E-state index contributed by atoms with van der Waals surface area (Å²) in [6.45, 7) is 7.64. The van der Waals surface area contributed by atoms with Gasteiger partial charge in [0.05, 0.1) is 6.07 Å². The van der Waals surface area contributed by atoms with Gasteiger partial charge in [0.25, 0.3) is 0 Å². The van der Waals surface area contributed by atoms with Gasteiger partial charge in [-0.1, -0.05) is 13.3 Å². The molecule has 0 spiro atoms. The Balaban J connectivity index is 2.09. The maximum atomic E-state index is 8.82. The fraction of sp³-hybridized carbons (Fsp3) is 0.929. The first kappa shape index (κ1) is 14.5. The highest BCUT2D eigenvalue weighted by atomic mass is 15.1. The van der Waals surface area contributed by atoms with Gasteiger partial charge in [-0.15, -0.1) is 0 Å². The van der Waals surface area contributed by atoms with Gasteiger partial charge in [0, 0.05) is 6.54 Å². The van der Waals surface area contributed by atoms with E-state index in [1.165, 1.54) is 25.8 Å². The maximum absolute atomic E-state index is 8.82. The van der Waals surface area contributed by atoms with Crippen LogP contribution in [-0.2, 0) is 0 Å². The van der Waals surface area contributed by atoms with Crippen molar-refractivity contribution >= 4 is 0 Å². The minimum Gasteiger partial charge on any atom is -0.314 e. The van der Waals surface area contributed by atoms with Gasteiger partial charge in [-0.25, -0.2) is 0 Å². The zero-order valence-corrected chi connectivity index (χ0v) is 11.4. The lowest BCUT2D eigenvalue weighted by Crippen LogP contribution is -2.35. The Hall–Kier alpha value is -0.590. The molecule has 0 amide bonds. The van der Waals surface area contributed by atoms with E-state index in [1.807, 2.05) is 6.92 Å². The smallest absolute Gasteiger partial charge is 0.101 e. The van der Waals surface area contributed by atoms with E-state index >= 15 is 0 Å². The minimum absolute atomic E-state index is 0.634. The van der Waals surface area contributed by atoms with E-state index in [0.29, 0.717) is 0 Å². The Bertz CT molecular complexity index is 251. The molecule has 0 radical (unpaired) electrons. The van der Waals surface area contributed by atoms with Gasteiger partial charge in [0.15, 0.2) is 0 Å². The van der Waals surface area contributed by atoms with Crippen molar-refractivity contribution in [2.45, 2.75) is 57.9 Å². The fourth-order valence-electron chi connectivity index (χ4n) is 2.30. The van der Waals surface area contributed by atoms with Gasteiger partial charge in [0.2, 0.25) is 0 Å². The van der Waals surface area contributed by atoms with E-state index < -0.39 is 5.54 Å². The van der Waals surface area contributed by atoms with Crippen molar-refractivity contribution in [3.05, 3.63) is 0 Å². The quantitative estimate of drug-likeness (QED) is 0.660. The average molecular weight is 237 g/mol. The molecule has 3 heteroatoms. The van der Waals surface area contributed by atoms with Crippen LogP contribution in [0.2, 0.25) is 0 Å². The highest BCUT2D eigenvalue weighted by molar-refractivity contribution is 5.00. The summed E-state index contributed by atoms with van der Waals surface area (Å²) in [5.74, 6) is 0.953. The molecule has 1 fully saturated rings. The summed E-state index contributed by atoms with van der Waals surface area (Å²) in [4.78, 5) is 2.55. The van der Waals surface area contributed by atoms with Crippen molar-refractivity contribution < 1.29 is 0 Å². The van der Waals surface area contributed by atoms with Crippen molar-refractivity contribution in [2.24, 2.45) is 11.7 Å². The Morgan fingerprint density at radius 2 is 2.12 bits per heavy atom. The van der Waals surface area contributed by atoms with Gasteiger partial charge < -0.3 is 10.6 Å². The van der Waals surface area contributed by atoms with Crippen LogP contribution in [0.4, 0.5) is 0 Å². The van der Waals surface area contributed by atoms with E-state index in [-0.39, 0.29) is 0 Å². The second kappa shape index (κ2) is 6.98. The van der Waals surface area contributed by atoms with E-state index in [0.717, 1.165) is 38.3 Å². The second-order valence-corrected chi connectivity index (χ2v) is 5.68. The lowest BCUT2D eigenvalue weighted by molar-refractivity contribution is 0.181. The highest BCUT2D eigenvalue weighted by Crippen LogP contribution is 2.27. The predicted octanol–water partition coefficient (Wildman–Crippen LogP) is 2.52. The summed E-state index contributed by atoms with van der Waals surface area (Å²) in [5, 5.41) is 8.82. The third-order valence-electron chi connectivity index (χ3n) is 3.86. The van der Waals surface area contributed by atoms with Crippen LogP contribution in [0.1, 0.15) is 52.4 Å². The molecule has 0 aromatic rings. The number of nitrogens with two attached hydrogens (primary N) is 1. The third-order valence-corrected chi connectivity index (χ3v) is 3.86. The van der Waals surface area contributed by atoms with E-state index in [9.17, 15) is 0 Å². The van der Waals surface area contributed by atoms with Crippen LogP contribution in [0.25, 0.3) is 0 Å². The molecule has 1 atom stereocenters. The second-order valence-electron chi connectivity index (χ2n) is 5.68. The zero-order chi connectivity index (χ0) is 12.7. The molecule has 98 valence electrons. The van der Waals surface area contributed by atoms with Gasteiger partial charge in [-0.2, -0.15) is 5.26 Å². The lowest BCUT2D eigenvalue weighted by atomic mass is 9.85. The molecule has 1 saturated carbocycles. The number of hydrogen-bond donors (Lipinski definition) is 1. The van der Waals surface area contributed by atoms with Crippen molar-refractivity contribution in [3.63, 3.8) is 0 Å². The van der Waals surface area contributed by atoms with Crippen LogP contribution in [0.15, 0.2) is 0 Å². The number of rotatable bonds is 8. The Kier molecular flexibility index (Phi) is 5.94. The van der Waals surface area contributed by atoms with Crippen LogP contribution in [0, 0.1) is 17.2 Å². The van der Waals surface area contributed by atoms with E-state index in [4.69, 9.17) is 11.0 Å². The van der Waals surface area contributed by atoms with Crippen molar-refractivity contribution in [1.29, 1.82) is 5.26 Å². The third kappa shape index (κ3) is 5.52. The van der Waals surface area contributed by atoms with Crippen LogP contribution in [0.5, 0.6) is 0 Å². The first-order chi connectivity index (χ1) is 8.07. The molecule has 3 nitrogen and oxygen atoms in total. The zero-order valence-electron chi connectivity index (χ0n) is 11.4. The molecule has 2 N–H and O–H groups in total. The Morgan fingerprint density at radius 1 is 1.41 bits per heavy atom. The summed E-state index contributed by atoms with van der Waals surface area (Å²) >= 11 is 0. The molecule has 1 unspecified atom stereocenters. The summed E-state index contributed by atoms with van der Waals surface area (Å²) in [5.41, 5.74) is 5.17. The molecule has 1 rings (SSSR count). The number of nitrogens with zero attached hydrogens (tertiary/aromatic N) is 2. The van der Waals surface area contributed by atoms with Crippen molar-refractivity contribution in [2.75, 3.05) is 19.6 Å². The minimum atomic E-state index is -0.634. The summed E-state index contributed by atoms with van der Waals surface area (Å²) in [6.07, 6.45) is 7.30. The maximum Gasteiger partial charge on any atom is 0.101 e. The molecule has 17 heavy (non-hydrogen) atoms. The molecule has 0 bridgehead atoms. The first-order valence-corrected chi connectivity index (χ1v) is 7.00. The SMILES string of the molecule is CCN(CCCCC(C)(N)C#N)CC1CCC1. The molecule has 1 aliphatic carbocycles. The standard InChI is InChI=1S/C14H27N3/c1-3-17(11-13-7-6-8-13)10-5-4-9-14(2,16)12-15/h13H,3-11,16H2,1-2H3. The van der Waals surface area contributed by atoms with Gasteiger partial charge in [0.1, 0.15) is 5.54 Å². The van der Waals surface area contributed by atoms with Crippen molar-refractivity contribution in [1.82, 2.24) is 4.90 Å². The monoisotopic (exact) mass is 237 g/mol. The molecule has 0 heterocycles. The number of hydrogen-bond acceptors (Lipinski definition) is 3. The molecule has 1 aliphatic rings. The average Bonchev–Trinajstić information content (AvgIpc) is 2.26. The van der Waals surface area contributed by atoms with Crippen LogP contribution >= 0.6 is 0 Å². The predicted molar refractivity (Wildman–Crippen MR) is 71.5 cm³/mol. The Labute approximate surface area is 106 Å². The summed E-state index contributed by atoms with van der Waals surface area (Å²) < 4.78 is 0. The van der Waals surface area contributed by atoms with E-state index in [2.05, 4.69) is 17.9 Å². The molecule has 0 aliphatic heterocycles. The van der Waals surface area contributed by atoms with Gasteiger partial charge in [-0.3, -0.25) is 0 Å². The van der Waals surface area contributed by atoms with Crippen LogP contribution in [0.3, 0.4) is 0 Å². The molecule has 0 aromatic carbocycles. The van der Waals surface area contributed by atoms with Crippen LogP contribution in [-0.4, -0.2) is 30.1 Å². The fourth-order valence-corrected chi connectivity index (χ4v) is 2.30. The normalized spacial score (nSPS) is 19.7. The molecular formula is C14H27N3. The topological polar surface area (TPSA) is 53.0 Å². The van der Waals surface area contributed by atoms with Crippen molar-refractivity contribution in [3.8, 4) is 6.07 Å². The summed E-state index contributed by atoms with van der Waals surface area (Å²) in [6, 6.07) is 2.16. The highest BCUT2D eigenvalue weighted by Gasteiger charge is 2.20. The summed E-state index contributed by atoms with van der Waals surface area (Å²) in [7, 11) is 0. The number of unbranched alkanes of at least 4 members (excludes halogenated alkanes) is 1. The largest absolute Gasteiger partial charge is 0.314 e. The van der Waals surface area contributed by atoms with Crippen LogP contribution < -0.4 is 5.73 Å². The first-order valence-electron chi connectivity index (χ1n) is 7.00.